The van der Waals surface area contributed by atoms with Crippen LogP contribution < -0.4 is 5.32 Å². The molecule has 5 heteroatoms. The molecule has 26 heavy (non-hydrogen) atoms. The Bertz CT molecular complexity index is 741. The molecule has 0 saturated carbocycles. The number of amides is 1. The lowest BCUT2D eigenvalue weighted by Crippen LogP contribution is -2.43. The van der Waals surface area contributed by atoms with E-state index in [0.717, 1.165) is 50.6 Å². The van der Waals surface area contributed by atoms with Gasteiger partial charge < -0.3 is 10.1 Å². The minimum atomic E-state index is -0.00172. The summed E-state index contributed by atoms with van der Waals surface area (Å²) in [5, 5.41) is 3.29. The molecular formula is C21H26N2O2S. The smallest absolute Gasteiger partial charge is 0.261 e. The molecule has 1 amide bonds. The second-order valence-electron chi connectivity index (χ2n) is 7.26. The molecule has 1 atom stereocenters. The fourth-order valence-electron chi connectivity index (χ4n) is 3.75. The van der Waals surface area contributed by atoms with Crippen molar-refractivity contribution in [2.75, 3.05) is 32.8 Å². The molecule has 2 aromatic rings. The number of nitrogens with zero attached hydrogens (tertiary/aromatic N) is 1. The quantitative estimate of drug-likeness (QED) is 0.878. The van der Waals surface area contributed by atoms with Crippen molar-refractivity contribution >= 4 is 17.2 Å². The number of aryl methyl sites for hydroxylation is 3. The van der Waals surface area contributed by atoms with Gasteiger partial charge in [-0.2, -0.15) is 0 Å². The van der Waals surface area contributed by atoms with Crippen molar-refractivity contribution in [2.45, 2.75) is 32.2 Å². The van der Waals surface area contributed by atoms with Crippen LogP contribution in [0, 0.1) is 6.92 Å². The van der Waals surface area contributed by atoms with Gasteiger partial charge in [-0.15, -0.1) is 11.3 Å². The molecule has 1 fully saturated rings. The van der Waals surface area contributed by atoms with Gasteiger partial charge >= 0.3 is 0 Å². The Hall–Kier alpha value is -1.69. The number of thiophene rings is 1. The normalized spacial score (nSPS) is 18.5. The molecule has 2 aliphatic rings. The predicted octanol–water partition coefficient (Wildman–Crippen LogP) is 3.35. The number of nitrogens with one attached hydrogen (secondary N) is 1. The third kappa shape index (κ3) is 4.00. The van der Waals surface area contributed by atoms with Gasteiger partial charge in [-0.3, -0.25) is 9.69 Å². The fraction of sp³-hybridized carbons (Fsp3) is 0.476. The lowest BCUT2D eigenvalue weighted by Gasteiger charge is -2.31. The van der Waals surface area contributed by atoms with Crippen LogP contribution in [-0.4, -0.2) is 43.7 Å². The van der Waals surface area contributed by atoms with Crippen LogP contribution in [0.3, 0.4) is 0 Å². The molecule has 0 spiro atoms. The summed E-state index contributed by atoms with van der Waals surface area (Å²) in [6, 6.07) is 10.6. The van der Waals surface area contributed by atoms with Gasteiger partial charge in [0.15, 0.2) is 0 Å². The summed E-state index contributed by atoms with van der Waals surface area (Å²) < 4.78 is 5.46. The molecule has 138 valence electrons. The molecule has 1 aromatic heterocycles. The number of rotatable bonds is 5. The number of carbonyl (C=O) groups is 1. The van der Waals surface area contributed by atoms with Gasteiger partial charge in [0.2, 0.25) is 0 Å². The molecular weight excluding hydrogens is 344 g/mol. The van der Waals surface area contributed by atoms with E-state index in [1.54, 1.807) is 11.3 Å². The largest absolute Gasteiger partial charge is 0.379 e. The average molecular weight is 371 g/mol. The van der Waals surface area contributed by atoms with E-state index in [-0.39, 0.29) is 11.9 Å². The maximum absolute atomic E-state index is 12.9. The summed E-state index contributed by atoms with van der Waals surface area (Å²) in [7, 11) is 0. The average Bonchev–Trinajstić information content (AvgIpc) is 3.25. The van der Waals surface area contributed by atoms with Gasteiger partial charge in [0, 0.05) is 24.5 Å². The maximum atomic E-state index is 12.9. The minimum absolute atomic E-state index is 0.00172. The highest BCUT2D eigenvalue weighted by molar-refractivity contribution is 7.14. The van der Waals surface area contributed by atoms with Crippen molar-refractivity contribution in [1.82, 2.24) is 10.2 Å². The molecule has 1 aromatic carbocycles. The molecule has 4 nitrogen and oxygen atoms in total. The highest BCUT2D eigenvalue weighted by Crippen LogP contribution is 2.31. The molecule has 4 rings (SSSR count). The highest BCUT2D eigenvalue weighted by Gasteiger charge is 2.23. The molecule has 1 saturated heterocycles. The zero-order valence-electron chi connectivity index (χ0n) is 15.3. The monoisotopic (exact) mass is 370 g/mol. The SMILES string of the molecule is Cc1ccc([C@@H](CN2CCOCC2)NC(=O)c2cc3c(s2)CCC3)cc1. The Morgan fingerprint density at radius 3 is 2.73 bits per heavy atom. The van der Waals surface area contributed by atoms with Gasteiger partial charge in [-0.25, -0.2) is 0 Å². The van der Waals surface area contributed by atoms with Crippen LogP contribution in [0.25, 0.3) is 0 Å². The number of carbonyl (C=O) groups excluding carboxylic acids is 1. The third-order valence-electron chi connectivity index (χ3n) is 5.30. The first-order valence-corrected chi connectivity index (χ1v) is 10.3. The number of morpholine rings is 1. The number of benzene rings is 1. The van der Waals surface area contributed by atoms with E-state index in [1.165, 1.54) is 28.0 Å². The van der Waals surface area contributed by atoms with Crippen LogP contribution in [0.2, 0.25) is 0 Å². The number of hydrogen-bond acceptors (Lipinski definition) is 4. The first kappa shape index (κ1) is 17.7. The van der Waals surface area contributed by atoms with Crippen molar-refractivity contribution in [3.05, 3.63) is 56.8 Å². The number of hydrogen-bond donors (Lipinski definition) is 1. The lowest BCUT2D eigenvalue weighted by atomic mass is 10.0. The molecule has 1 aliphatic carbocycles. The molecule has 1 N–H and O–H groups in total. The van der Waals surface area contributed by atoms with Gasteiger partial charge in [0.1, 0.15) is 0 Å². The predicted molar refractivity (Wildman–Crippen MR) is 105 cm³/mol. The van der Waals surface area contributed by atoms with Crippen molar-refractivity contribution in [1.29, 1.82) is 0 Å². The summed E-state index contributed by atoms with van der Waals surface area (Å²) in [6.45, 7) is 6.30. The van der Waals surface area contributed by atoms with Gasteiger partial charge in [-0.05, 0) is 43.4 Å². The van der Waals surface area contributed by atoms with E-state index in [4.69, 9.17) is 4.74 Å². The second kappa shape index (κ2) is 7.91. The Balaban J connectivity index is 1.51. The maximum Gasteiger partial charge on any atom is 0.261 e. The number of fused-ring (bicyclic) bond motifs is 1. The second-order valence-corrected chi connectivity index (χ2v) is 8.40. The van der Waals surface area contributed by atoms with E-state index in [1.807, 2.05) is 0 Å². The van der Waals surface area contributed by atoms with E-state index in [9.17, 15) is 4.79 Å². The topological polar surface area (TPSA) is 41.6 Å². The van der Waals surface area contributed by atoms with E-state index in [2.05, 4.69) is 47.5 Å². The summed E-state index contributed by atoms with van der Waals surface area (Å²) in [5.74, 6) is 0.0586. The van der Waals surface area contributed by atoms with Crippen LogP contribution in [0.1, 0.15) is 43.7 Å². The molecule has 0 radical (unpaired) electrons. The van der Waals surface area contributed by atoms with Crippen molar-refractivity contribution in [2.24, 2.45) is 0 Å². The summed E-state index contributed by atoms with van der Waals surface area (Å²) in [5.41, 5.74) is 3.78. The minimum Gasteiger partial charge on any atom is -0.379 e. The zero-order chi connectivity index (χ0) is 17.9. The third-order valence-corrected chi connectivity index (χ3v) is 6.54. The van der Waals surface area contributed by atoms with Crippen LogP contribution in [0.15, 0.2) is 30.3 Å². The summed E-state index contributed by atoms with van der Waals surface area (Å²) >= 11 is 1.67. The van der Waals surface area contributed by atoms with Crippen molar-refractivity contribution in [3.8, 4) is 0 Å². The molecule has 0 unspecified atom stereocenters. The van der Waals surface area contributed by atoms with Crippen LogP contribution in [0.4, 0.5) is 0 Å². The fourth-order valence-corrected chi connectivity index (χ4v) is 4.90. The Kier molecular flexibility index (Phi) is 5.38. The molecule has 2 heterocycles. The number of ether oxygens (including phenoxy) is 1. The highest BCUT2D eigenvalue weighted by atomic mass is 32.1. The molecule has 0 bridgehead atoms. The van der Waals surface area contributed by atoms with Crippen molar-refractivity contribution in [3.63, 3.8) is 0 Å². The van der Waals surface area contributed by atoms with E-state index >= 15 is 0 Å². The van der Waals surface area contributed by atoms with Crippen LogP contribution >= 0.6 is 11.3 Å². The lowest BCUT2D eigenvalue weighted by molar-refractivity contribution is 0.0332. The first-order chi connectivity index (χ1) is 12.7. The Morgan fingerprint density at radius 1 is 1.23 bits per heavy atom. The van der Waals surface area contributed by atoms with E-state index in [0.29, 0.717) is 0 Å². The van der Waals surface area contributed by atoms with Gasteiger partial charge in [-0.1, -0.05) is 29.8 Å². The summed E-state index contributed by atoms with van der Waals surface area (Å²) in [4.78, 5) is 17.5. The standard InChI is InChI=1S/C21H26N2O2S/c1-15-5-7-16(8-6-15)18(14-23-9-11-25-12-10-23)22-21(24)20-13-17-3-2-4-19(17)26-20/h5-8,13,18H,2-4,9-12,14H2,1H3,(H,22,24)/t18-/m1/s1. The Morgan fingerprint density at radius 2 is 2.00 bits per heavy atom. The van der Waals surface area contributed by atoms with Crippen LogP contribution in [0.5, 0.6) is 0 Å². The van der Waals surface area contributed by atoms with Gasteiger partial charge in [0.05, 0.1) is 24.1 Å². The molecule has 1 aliphatic heterocycles. The summed E-state index contributed by atoms with van der Waals surface area (Å²) in [6.07, 6.45) is 3.48. The van der Waals surface area contributed by atoms with Gasteiger partial charge in [0.25, 0.3) is 5.91 Å². The van der Waals surface area contributed by atoms with Crippen molar-refractivity contribution < 1.29 is 9.53 Å². The first-order valence-electron chi connectivity index (χ1n) is 9.48. The van der Waals surface area contributed by atoms with E-state index < -0.39 is 0 Å². The Labute approximate surface area is 159 Å². The van der Waals surface area contributed by atoms with Crippen LogP contribution in [-0.2, 0) is 17.6 Å². The zero-order valence-corrected chi connectivity index (χ0v) is 16.1.